The fraction of sp³-hybridized carbons (Fsp3) is 0.0714. The van der Waals surface area contributed by atoms with E-state index in [9.17, 15) is 14.3 Å². The molecule has 0 heterocycles. The average molecular weight is 245 g/mol. The van der Waals surface area contributed by atoms with E-state index in [0.717, 1.165) is 5.56 Å². The number of carbonyl (C=O) groups excluding carboxylic acids is 1. The maximum atomic E-state index is 13.0. The quantitative estimate of drug-likeness (QED) is 0.854. The smallest absolute Gasteiger partial charge is 0.259 e. The van der Waals surface area contributed by atoms with Crippen LogP contribution in [0.15, 0.2) is 42.5 Å². The van der Waals surface area contributed by atoms with Crippen molar-refractivity contribution in [1.29, 1.82) is 0 Å². The number of hydrogen-bond donors (Lipinski definition) is 2. The number of hydrogen-bond acceptors (Lipinski definition) is 2. The van der Waals surface area contributed by atoms with E-state index in [1.807, 2.05) is 6.92 Å². The molecule has 0 aliphatic carbocycles. The summed E-state index contributed by atoms with van der Waals surface area (Å²) in [6, 6.07) is 10.3. The van der Waals surface area contributed by atoms with Gasteiger partial charge in [-0.05, 0) is 42.8 Å². The number of benzene rings is 2. The molecule has 0 fully saturated rings. The summed E-state index contributed by atoms with van der Waals surface area (Å²) in [5.74, 6) is -0.997. The Hall–Kier alpha value is -2.36. The van der Waals surface area contributed by atoms with Crippen LogP contribution in [0.4, 0.5) is 10.1 Å². The van der Waals surface area contributed by atoms with Crippen LogP contribution in [0.2, 0.25) is 0 Å². The summed E-state index contributed by atoms with van der Waals surface area (Å²) in [6.07, 6.45) is 0. The van der Waals surface area contributed by atoms with Crippen molar-refractivity contribution in [1.82, 2.24) is 0 Å². The number of rotatable bonds is 2. The van der Waals surface area contributed by atoms with Crippen molar-refractivity contribution in [3.63, 3.8) is 0 Å². The van der Waals surface area contributed by atoms with Crippen LogP contribution < -0.4 is 5.32 Å². The predicted octanol–water partition coefficient (Wildman–Crippen LogP) is 3.09. The standard InChI is InChI=1S/C14H12FNO2/c1-9-5-6-12(13(17)7-9)14(18)16-11-4-2-3-10(15)8-11/h2-8,17H,1H3,(H,16,18). The number of aryl methyl sites for hydroxylation is 1. The van der Waals surface area contributed by atoms with Gasteiger partial charge in [-0.25, -0.2) is 4.39 Å². The number of nitrogens with one attached hydrogen (secondary N) is 1. The van der Waals surface area contributed by atoms with Crippen molar-refractivity contribution in [3.8, 4) is 5.75 Å². The average Bonchev–Trinajstić information content (AvgIpc) is 2.28. The van der Waals surface area contributed by atoms with E-state index in [-0.39, 0.29) is 11.3 Å². The molecule has 4 heteroatoms. The molecule has 1 amide bonds. The predicted molar refractivity (Wildman–Crippen MR) is 67.2 cm³/mol. The fourth-order valence-corrected chi connectivity index (χ4v) is 1.60. The second kappa shape index (κ2) is 4.87. The second-order valence-electron chi connectivity index (χ2n) is 3.99. The number of carbonyl (C=O) groups is 1. The van der Waals surface area contributed by atoms with Gasteiger partial charge in [0, 0.05) is 5.69 Å². The Labute approximate surface area is 104 Å². The highest BCUT2D eigenvalue weighted by atomic mass is 19.1. The molecule has 0 unspecified atom stereocenters. The summed E-state index contributed by atoms with van der Waals surface area (Å²) in [5.41, 5.74) is 1.36. The van der Waals surface area contributed by atoms with Gasteiger partial charge in [-0.15, -0.1) is 0 Å². The third kappa shape index (κ3) is 2.66. The number of anilines is 1. The third-order valence-corrected chi connectivity index (χ3v) is 2.48. The normalized spacial score (nSPS) is 10.1. The first-order chi connectivity index (χ1) is 8.56. The van der Waals surface area contributed by atoms with Crippen LogP contribution in [0.5, 0.6) is 5.75 Å². The number of halogens is 1. The molecule has 2 aromatic carbocycles. The maximum Gasteiger partial charge on any atom is 0.259 e. The molecule has 0 aliphatic heterocycles. The van der Waals surface area contributed by atoms with Crippen molar-refractivity contribution in [2.45, 2.75) is 6.92 Å². The first-order valence-corrected chi connectivity index (χ1v) is 5.43. The van der Waals surface area contributed by atoms with Gasteiger partial charge >= 0.3 is 0 Å². The van der Waals surface area contributed by atoms with Crippen molar-refractivity contribution in [3.05, 3.63) is 59.4 Å². The van der Waals surface area contributed by atoms with Gasteiger partial charge in [0.05, 0.1) is 5.56 Å². The first kappa shape index (κ1) is 12.1. The first-order valence-electron chi connectivity index (χ1n) is 5.43. The summed E-state index contributed by atoms with van der Waals surface area (Å²) in [5, 5.41) is 12.2. The van der Waals surface area contributed by atoms with E-state index in [1.54, 1.807) is 12.1 Å². The van der Waals surface area contributed by atoms with Gasteiger partial charge in [-0.3, -0.25) is 4.79 Å². The Morgan fingerprint density at radius 1 is 1.22 bits per heavy atom. The van der Waals surface area contributed by atoms with E-state index < -0.39 is 11.7 Å². The summed E-state index contributed by atoms with van der Waals surface area (Å²) >= 11 is 0. The van der Waals surface area contributed by atoms with E-state index in [0.29, 0.717) is 5.69 Å². The molecule has 2 N–H and O–H groups in total. The molecule has 0 aromatic heterocycles. The minimum absolute atomic E-state index is 0.0936. The molecule has 0 radical (unpaired) electrons. The van der Waals surface area contributed by atoms with Crippen molar-refractivity contribution >= 4 is 11.6 Å². The third-order valence-electron chi connectivity index (χ3n) is 2.48. The Morgan fingerprint density at radius 2 is 2.00 bits per heavy atom. The highest BCUT2D eigenvalue weighted by Crippen LogP contribution is 2.20. The van der Waals surface area contributed by atoms with E-state index >= 15 is 0 Å². The topological polar surface area (TPSA) is 49.3 Å². The van der Waals surface area contributed by atoms with Crippen LogP contribution in [-0.4, -0.2) is 11.0 Å². The van der Waals surface area contributed by atoms with Crippen molar-refractivity contribution < 1.29 is 14.3 Å². The lowest BCUT2D eigenvalue weighted by atomic mass is 10.1. The van der Waals surface area contributed by atoms with Gasteiger partial charge in [0.1, 0.15) is 11.6 Å². The largest absolute Gasteiger partial charge is 0.507 e. The Kier molecular flexibility index (Phi) is 3.28. The van der Waals surface area contributed by atoms with Crippen LogP contribution in [0.1, 0.15) is 15.9 Å². The second-order valence-corrected chi connectivity index (χ2v) is 3.99. The van der Waals surface area contributed by atoms with Gasteiger partial charge in [-0.2, -0.15) is 0 Å². The van der Waals surface area contributed by atoms with Crippen LogP contribution in [0, 0.1) is 12.7 Å². The Bertz CT molecular complexity index is 596. The summed E-state index contributed by atoms with van der Waals surface area (Å²) < 4.78 is 13.0. The number of phenols is 1. The molecule has 0 saturated carbocycles. The summed E-state index contributed by atoms with van der Waals surface area (Å²) in [6.45, 7) is 1.81. The highest BCUT2D eigenvalue weighted by molar-refractivity contribution is 6.06. The minimum Gasteiger partial charge on any atom is -0.507 e. The Balaban J connectivity index is 2.22. The number of amides is 1. The lowest BCUT2D eigenvalue weighted by Gasteiger charge is -2.07. The van der Waals surface area contributed by atoms with Crippen LogP contribution >= 0.6 is 0 Å². The van der Waals surface area contributed by atoms with Gasteiger partial charge in [-0.1, -0.05) is 12.1 Å². The minimum atomic E-state index is -0.474. The van der Waals surface area contributed by atoms with E-state index in [2.05, 4.69) is 5.32 Å². The van der Waals surface area contributed by atoms with Crippen LogP contribution in [-0.2, 0) is 0 Å². The zero-order valence-electron chi connectivity index (χ0n) is 9.77. The maximum absolute atomic E-state index is 13.0. The zero-order chi connectivity index (χ0) is 13.1. The van der Waals surface area contributed by atoms with Gasteiger partial charge < -0.3 is 10.4 Å². The monoisotopic (exact) mass is 245 g/mol. The molecule has 2 aromatic rings. The molecular formula is C14H12FNO2. The molecule has 0 spiro atoms. The SMILES string of the molecule is Cc1ccc(C(=O)Nc2cccc(F)c2)c(O)c1. The van der Waals surface area contributed by atoms with Crippen molar-refractivity contribution in [2.24, 2.45) is 0 Å². The molecule has 0 saturated heterocycles. The molecule has 3 nitrogen and oxygen atoms in total. The van der Waals surface area contributed by atoms with Gasteiger partial charge in [0.15, 0.2) is 0 Å². The molecule has 92 valence electrons. The lowest BCUT2D eigenvalue weighted by Crippen LogP contribution is -2.12. The van der Waals surface area contributed by atoms with Crippen LogP contribution in [0.3, 0.4) is 0 Å². The molecular weight excluding hydrogens is 233 g/mol. The fourth-order valence-electron chi connectivity index (χ4n) is 1.60. The van der Waals surface area contributed by atoms with E-state index in [4.69, 9.17) is 0 Å². The van der Waals surface area contributed by atoms with Crippen LogP contribution in [0.25, 0.3) is 0 Å². The zero-order valence-corrected chi connectivity index (χ0v) is 9.77. The number of aromatic hydroxyl groups is 1. The molecule has 18 heavy (non-hydrogen) atoms. The highest BCUT2D eigenvalue weighted by Gasteiger charge is 2.11. The van der Waals surface area contributed by atoms with E-state index in [1.165, 1.54) is 30.3 Å². The molecule has 2 rings (SSSR count). The molecule has 0 aliphatic rings. The number of phenolic OH excluding ortho intramolecular Hbond substituents is 1. The summed E-state index contributed by atoms with van der Waals surface area (Å²) in [4.78, 5) is 11.9. The van der Waals surface area contributed by atoms with Gasteiger partial charge in [0.2, 0.25) is 0 Å². The Morgan fingerprint density at radius 3 is 2.67 bits per heavy atom. The van der Waals surface area contributed by atoms with Gasteiger partial charge in [0.25, 0.3) is 5.91 Å². The molecule has 0 bridgehead atoms. The van der Waals surface area contributed by atoms with Crippen molar-refractivity contribution in [2.75, 3.05) is 5.32 Å². The molecule has 0 atom stereocenters. The lowest BCUT2D eigenvalue weighted by molar-refractivity contribution is 0.102. The summed E-state index contributed by atoms with van der Waals surface area (Å²) in [7, 11) is 0.